The van der Waals surface area contributed by atoms with Gasteiger partial charge in [-0.2, -0.15) is 0 Å². The number of nitrogens with one attached hydrogen (secondary N) is 2. The Balaban J connectivity index is 1.12. The molecule has 2 fully saturated rings. The highest BCUT2D eigenvalue weighted by molar-refractivity contribution is 7.15. The molecule has 0 radical (unpaired) electrons. The van der Waals surface area contributed by atoms with Gasteiger partial charge in [0, 0.05) is 46.5 Å². The van der Waals surface area contributed by atoms with Gasteiger partial charge in [-0.25, -0.2) is 4.98 Å². The minimum atomic E-state index is -0.233. The van der Waals surface area contributed by atoms with E-state index in [2.05, 4.69) is 15.5 Å². The van der Waals surface area contributed by atoms with Crippen LogP contribution in [0, 0.1) is 11.8 Å². The average molecular weight is 564 g/mol. The predicted octanol–water partition coefficient (Wildman–Crippen LogP) is 6.42. The summed E-state index contributed by atoms with van der Waals surface area (Å²) in [5.41, 5.74) is 1.83. The highest BCUT2D eigenvalue weighted by Crippen LogP contribution is 2.37. The van der Waals surface area contributed by atoms with Crippen LogP contribution in [0.1, 0.15) is 79.8 Å². The molecule has 3 aliphatic rings. The number of benzene rings is 1. The Kier molecular flexibility index (Phi) is 9.06. The maximum absolute atomic E-state index is 13.2. The summed E-state index contributed by atoms with van der Waals surface area (Å²) in [6, 6.07) is 5.62. The SMILES string of the molecule is O=C(CC1CCCCC1)Nc1nc2c(s1)CCCC2C(=O)NCC1CCN(Cc2c(Cl)cccc2Cl)C1. The van der Waals surface area contributed by atoms with Gasteiger partial charge < -0.3 is 10.6 Å². The lowest BCUT2D eigenvalue weighted by molar-refractivity contribution is -0.123. The van der Waals surface area contributed by atoms with Crippen molar-refractivity contribution in [3.63, 3.8) is 0 Å². The number of rotatable bonds is 8. The largest absolute Gasteiger partial charge is 0.355 e. The fourth-order valence-corrected chi connectivity index (χ4v) is 7.65. The van der Waals surface area contributed by atoms with Crippen molar-refractivity contribution in [3.8, 4) is 0 Å². The molecule has 5 rings (SSSR count). The van der Waals surface area contributed by atoms with Crippen molar-refractivity contribution in [2.75, 3.05) is 25.0 Å². The normalized spacial score (nSPS) is 22.5. The lowest BCUT2D eigenvalue weighted by atomic mass is 9.87. The van der Waals surface area contributed by atoms with Gasteiger partial charge in [0.1, 0.15) is 0 Å². The molecule has 1 aromatic heterocycles. The molecule has 2 atom stereocenters. The van der Waals surface area contributed by atoms with Crippen LogP contribution in [-0.4, -0.2) is 41.3 Å². The van der Waals surface area contributed by atoms with Gasteiger partial charge >= 0.3 is 0 Å². The molecule has 2 aliphatic carbocycles. The minimum Gasteiger partial charge on any atom is -0.355 e. The molecule has 1 aromatic carbocycles. The number of amides is 2. The number of anilines is 1. The average Bonchev–Trinajstić information content (AvgIpc) is 3.51. The molecule has 1 aliphatic heterocycles. The Labute approximate surface area is 233 Å². The maximum atomic E-state index is 13.2. The number of thiazole rings is 1. The van der Waals surface area contributed by atoms with E-state index in [0.717, 1.165) is 74.3 Å². The first-order chi connectivity index (χ1) is 18.0. The van der Waals surface area contributed by atoms with E-state index in [1.54, 1.807) is 11.3 Å². The number of hydrogen-bond donors (Lipinski definition) is 2. The second-order valence-corrected chi connectivity index (χ2v) is 12.8. The molecule has 2 aromatic rings. The number of likely N-dealkylation sites (tertiary alicyclic amines) is 1. The van der Waals surface area contributed by atoms with Gasteiger partial charge in [-0.1, -0.05) is 48.5 Å². The second-order valence-electron chi connectivity index (χ2n) is 10.9. The first-order valence-corrected chi connectivity index (χ1v) is 15.3. The topological polar surface area (TPSA) is 74.3 Å². The van der Waals surface area contributed by atoms with Crippen LogP contribution in [0.5, 0.6) is 0 Å². The molecule has 0 spiro atoms. The van der Waals surface area contributed by atoms with Gasteiger partial charge in [0.15, 0.2) is 5.13 Å². The third kappa shape index (κ3) is 6.86. The molecule has 1 saturated heterocycles. The van der Waals surface area contributed by atoms with E-state index in [0.29, 0.717) is 40.0 Å². The van der Waals surface area contributed by atoms with Crippen LogP contribution in [-0.2, 0) is 22.6 Å². The number of carbonyl (C=O) groups is 2. The number of carbonyl (C=O) groups excluding carboxylic acids is 2. The Morgan fingerprint density at radius 3 is 2.59 bits per heavy atom. The predicted molar refractivity (Wildman–Crippen MR) is 150 cm³/mol. The Bertz CT molecular complexity index is 1100. The molecular weight excluding hydrogens is 527 g/mol. The van der Waals surface area contributed by atoms with E-state index in [-0.39, 0.29) is 17.7 Å². The fraction of sp³-hybridized carbons (Fsp3) is 0.607. The van der Waals surface area contributed by atoms with E-state index in [9.17, 15) is 9.59 Å². The molecule has 200 valence electrons. The maximum Gasteiger partial charge on any atom is 0.229 e. The van der Waals surface area contributed by atoms with Crippen LogP contribution in [0.15, 0.2) is 18.2 Å². The summed E-state index contributed by atoms with van der Waals surface area (Å²) in [6.07, 6.45) is 10.4. The molecular formula is C28H36Cl2N4O2S. The van der Waals surface area contributed by atoms with Crippen LogP contribution in [0.2, 0.25) is 10.0 Å². The van der Waals surface area contributed by atoms with Crippen LogP contribution >= 0.6 is 34.5 Å². The molecule has 2 N–H and O–H groups in total. The van der Waals surface area contributed by atoms with E-state index in [4.69, 9.17) is 28.2 Å². The van der Waals surface area contributed by atoms with E-state index < -0.39 is 0 Å². The van der Waals surface area contributed by atoms with Crippen molar-refractivity contribution in [1.82, 2.24) is 15.2 Å². The third-order valence-corrected chi connectivity index (χ3v) is 9.85. The molecule has 6 nitrogen and oxygen atoms in total. The van der Waals surface area contributed by atoms with Crippen molar-refractivity contribution in [2.24, 2.45) is 11.8 Å². The van der Waals surface area contributed by atoms with Gasteiger partial charge in [-0.05, 0) is 69.0 Å². The van der Waals surface area contributed by atoms with Crippen molar-refractivity contribution < 1.29 is 9.59 Å². The first kappa shape index (κ1) is 26.9. The van der Waals surface area contributed by atoms with Gasteiger partial charge in [-0.15, -0.1) is 11.3 Å². The summed E-state index contributed by atoms with van der Waals surface area (Å²) in [6.45, 7) is 3.26. The summed E-state index contributed by atoms with van der Waals surface area (Å²) in [4.78, 5) is 34.0. The lowest BCUT2D eigenvalue weighted by Gasteiger charge is -2.22. The Morgan fingerprint density at radius 1 is 1.03 bits per heavy atom. The van der Waals surface area contributed by atoms with Crippen LogP contribution < -0.4 is 10.6 Å². The number of fused-ring (bicyclic) bond motifs is 1. The smallest absolute Gasteiger partial charge is 0.229 e. The van der Waals surface area contributed by atoms with Gasteiger partial charge in [0.25, 0.3) is 0 Å². The molecule has 37 heavy (non-hydrogen) atoms. The zero-order valence-corrected chi connectivity index (χ0v) is 23.6. The first-order valence-electron chi connectivity index (χ1n) is 13.7. The van der Waals surface area contributed by atoms with E-state index in [1.807, 2.05) is 18.2 Å². The quantitative estimate of drug-likeness (QED) is 0.389. The highest BCUT2D eigenvalue weighted by Gasteiger charge is 2.32. The van der Waals surface area contributed by atoms with Gasteiger partial charge in [0.2, 0.25) is 11.8 Å². The number of hydrogen-bond acceptors (Lipinski definition) is 5. The zero-order chi connectivity index (χ0) is 25.8. The van der Waals surface area contributed by atoms with Crippen LogP contribution in [0.4, 0.5) is 5.13 Å². The molecule has 0 bridgehead atoms. The number of halogens is 2. The molecule has 2 amide bonds. The van der Waals surface area contributed by atoms with Crippen LogP contribution in [0.25, 0.3) is 0 Å². The van der Waals surface area contributed by atoms with Gasteiger partial charge in [-0.3, -0.25) is 14.5 Å². The molecule has 9 heteroatoms. The summed E-state index contributed by atoms with van der Waals surface area (Å²) in [7, 11) is 0. The molecule has 2 unspecified atom stereocenters. The summed E-state index contributed by atoms with van der Waals surface area (Å²) < 4.78 is 0. The second kappa shape index (κ2) is 12.5. The number of nitrogens with zero attached hydrogens (tertiary/aromatic N) is 2. The fourth-order valence-electron chi connectivity index (χ4n) is 6.05. The van der Waals surface area contributed by atoms with Crippen LogP contribution in [0.3, 0.4) is 0 Å². The monoisotopic (exact) mass is 562 g/mol. The zero-order valence-electron chi connectivity index (χ0n) is 21.2. The molecule has 1 saturated carbocycles. The van der Waals surface area contributed by atoms with E-state index in [1.165, 1.54) is 19.3 Å². The summed E-state index contributed by atoms with van der Waals surface area (Å²) in [5.74, 6) is 0.776. The number of aromatic nitrogens is 1. The summed E-state index contributed by atoms with van der Waals surface area (Å²) in [5, 5.41) is 8.28. The van der Waals surface area contributed by atoms with Crippen molar-refractivity contribution in [3.05, 3.63) is 44.4 Å². The Morgan fingerprint density at radius 2 is 1.81 bits per heavy atom. The van der Waals surface area contributed by atoms with Crippen molar-refractivity contribution in [1.29, 1.82) is 0 Å². The van der Waals surface area contributed by atoms with Gasteiger partial charge in [0.05, 0.1) is 11.6 Å². The lowest BCUT2D eigenvalue weighted by Crippen LogP contribution is -2.35. The summed E-state index contributed by atoms with van der Waals surface area (Å²) >= 11 is 14.2. The van der Waals surface area contributed by atoms with Crippen molar-refractivity contribution in [2.45, 2.75) is 76.7 Å². The highest BCUT2D eigenvalue weighted by atomic mass is 35.5. The third-order valence-electron chi connectivity index (χ3n) is 8.09. The number of aryl methyl sites for hydroxylation is 1. The standard InChI is InChI=1S/C28H36Cl2N4O2S/c29-22-9-5-10-23(30)21(22)17-34-13-12-19(16-34)15-31-27(36)20-8-4-11-24-26(20)33-28(37-24)32-25(35)14-18-6-2-1-3-7-18/h5,9-10,18-20H,1-4,6-8,11-17H2,(H,31,36)(H,32,33,35). The van der Waals surface area contributed by atoms with E-state index >= 15 is 0 Å². The molecule has 2 heterocycles. The Hall–Kier alpha value is -1.67. The van der Waals surface area contributed by atoms with Crippen molar-refractivity contribution >= 4 is 51.5 Å². The minimum absolute atomic E-state index is 0.0546.